The molecule has 1 aliphatic rings. The van der Waals surface area contributed by atoms with Crippen molar-refractivity contribution in [3.63, 3.8) is 0 Å². The molecule has 1 amide bonds. The Hall–Kier alpha value is -2.83. The number of fused-ring (bicyclic) bond motifs is 1. The van der Waals surface area contributed by atoms with E-state index < -0.39 is 32.7 Å². The average molecular weight is 522 g/mol. The van der Waals surface area contributed by atoms with Crippen LogP contribution in [0.15, 0.2) is 27.2 Å². The van der Waals surface area contributed by atoms with E-state index in [9.17, 15) is 18.0 Å². The highest BCUT2D eigenvalue weighted by Gasteiger charge is 2.31. The number of aromatic nitrogens is 2. The van der Waals surface area contributed by atoms with Gasteiger partial charge >= 0.3 is 11.2 Å². The molecule has 0 spiro atoms. The third-order valence-electron chi connectivity index (χ3n) is 5.19. The summed E-state index contributed by atoms with van der Waals surface area (Å²) < 4.78 is 35.8. The predicted octanol–water partition coefficient (Wildman–Crippen LogP) is 4.08. The first-order valence-corrected chi connectivity index (χ1v) is 14.0. The van der Waals surface area contributed by atoms with Gasteiger partial charge in [0.25, 0.3) is 0 Å². The van der Waals surface area contributed by atoms with Gasteiger partial charge in [-0.3, -0.25) is 4.79 Å². The fourth-order valence-electron chi connectivity index (χ4n) is 3.61. The summed E-state index contributed by atoms with van der Waals surface area (Å²) in [6, 6.07) is 3.76. The molecule has 3 aromatic rings. The van der Waals surface area contributed by atoms with Crippen LogP contribution in [0.4, 0.5) is 5.00 Å². The lowest BCUT2D eigenvalue weighted by Gasteiger charge is -2.18. The molecule has 12 heteroatoms. The second-order valence-electron chi connectivity index (χ2n) is 7.84. The van der Waals surface area contributed by atoms with Crippen molar-refractivity contribution >= 4 is 61.5 Å². The molecule has 1 atom stereocenters. The molecule has 0 saturated carbocycles. The van der Waals surface area contributed by atoms with Gasteiger partial charge in [-0.05, 0) is 55.2 Å². The highest BCUT2D eigenvalue weighted by molar-refractivity contribution is 7.91. The van der Waals surface area contributed by atoms with Gasteiger partial charge in [-0.15, -0.1) is 27.8 Å². The van der Waals surface area contributed by atoms with E-state index in [1.54, 1.807) is 13.0 Å². The molecule has 1 unspecified atom stereocenters. The summed E-state index contributed by atoms with van der Waals surface area (Å²) in [6.07, 6.45) is 5.65. The van der Waals surface area contributed by atoms with E-state index in [4.69, 9.17) is 9.15 Å². The van der Waals surface area contributed by atoms with Crippen molar-refractivity contribution in [2.24, 2.45) is 5.92 Å². The number of nitrogens with one attached hydrogen (secondary N) is 1. The second kappa shape index (κ2) is 10.2. The number of hydrogen-bond donors (Lipinski definition) is 1. The summed E-state index contributed by atoms with van der Waals surface area (Å²) in [5, 5.41) is 11.5. The summed E-state index contributed by atoms with van der Waals surface area (Å²) in [4.78, 5) is 27.2. The van der Waals surface area contributed by atoms with Gasteiger partial charge in [-0.1, -0.05) is 18.1 Å². The van der Waals surface area contributed by atoms with Crippen molar-refractivity contribution in [3.05, 3.63) is 44.3 Å². The Morgan fingerprint density at radius 1 is 1.32 bits per heavy atom. The average Bonchev–Trinajstić information content (AvgIpc) is 3.51. The minimum absolute atomic E-state index is 0.0111. The molecule has 0 saturated heterocycles. The molecular formula is C22H23N3O6S3. The number of sulfone groups is 1. The van der Waals surface area contributed by atoms with Crippen LogP contribution >= 0.6 is 22.7 Å². The zero-order valence-corrected chi connectivity index (χ0v) is 21.0. The number of carbonyl (C=O) groups excluding carboxylic acids is 2. The third-order valence-corrected chi connectivity index (χ3v) is 8.53. The zero-order valence-electron chi connectivity index (χ0n) is 18.6. The number of rotatable bonds is 8. The SMILES string of the molecule is CCOC(=O)c1c(NC(=O)CS(=O)(=O)c2nnc(C=Cc3cccs3)o2)sc2c1CCC(C)C2. The molecule has 0 radical (unpaired) electrons. The quantitative estimate of drug-likeness (QED) is 0.439. The van der Waals surface area contributed by atoms with E-state index in [1.807, 2.05) is 17.5 Å². The van der Waals surface area contributed by atoms with Crippen molar-refractivity contribution in [1.29, 1.82) is 0 Å². The summed E-state index contributed by atoms with van der Waals surface area (Å²) >= 11 is 2.79. The van der Waals surface area contributed by atoms with E-state index in [0.717, 1.165) is 28.2 Å². The molecule has 1 aliphatic carbocycles. The van der Waals surface area contributed by atoms with Gasteiger partial charge in [0, 0.05) is 15.8 Å². The fraction of sp³-hybridized carbons (Fsp3) is 0.364. The number of ether oxygens (including phenoxy) is 1. The van der Waals surface area contributed by atoms with Gasteiger partial charge < -0.3 is 14.5 Å². The number of thiophene rings is 2. The lowest BCUT2D eigenvalue weighted by molar-refractivity contribution is -0.113. The summed E-state index contributed by atoms with van der Waals surface area (Å²) in [5.74, 6) is -1.74. The third kappa shape index (κ3) is 5.45. The van der Waals surface area contributed by atoms with E-state index >= 15 is 0 Å². The molecule has 34 heavy (non-hydrogen) atoms. The van der Waals surface area contributed by atoms with Crippen LogP contribution in [-0.2, 0) is 32.2 Å². The molecule has 0 bridgehead atoms. The number of amides is 1. The van der Waals surface area contributed by atoms with E-state index in [0.29, 0.717) is 22.9 Å². The van der Waals surface area contributed by atoms with Crippen molar-refractivity contribution in [3.8, 4) is 0 Å². The molecule has 3 heterocycles. The minimum Gasteiger partial charge on any atom is -0.462 e. The number of nitrogens with zero attached hydrogens (tertiary/aromatic N) is 2. The summed E-state index contributed by atoms with van der Waals surface area (Å²) in [6.45, 7) is 4.03. The normalized spacial score (nSPS) is 15.9. The number of esters is 1. The molecule has 0 aromatic carbocycles. The Bertz CT molecular complexity index is 1320. The van der Waals surface area contributed by atoms with Crippen LogP contribution in [0.1, 0.15) is 51.8 Å². The molecule has 1 N–H and O–H groups in total. The minimum atomic E-state index is -4.18. The number of hydrogen-bond acceptors (Lipinski definition) is 10. The van der Waals surface area contributed by atoms with Gasteiger partial charge in [0.2, 0.25) is 21.6 Å². The van der Waals surface area contributed by atoms with Crippen LogP contribution in [0, 0.1) is 5.92 Å². The first kappa shape index (κ1) is 24.3. The van der Waals surface area contributed by atoms with Crippen molar-refractivity contribution in [2.75, 3.05) is 17.7 Å². The number of anilines is 1. The predicted molar refractivity (Wildman–Crippen MR) is 130 cm³/mol. The Balaban J connectivity index is 1.49. The Kier molecular flexibility index (Phi) is 7.29. The highest BCUT2D eigenvalue weighted by atomic mass is 32.2. The van der Waals surface area contributed by atoms with E-state index in [2.05, 4.69) is 22.4 Å². The smallest absolute Gasteiger partial charge is 0.341 e. The first-order chi connectivity index (χ1) is 16.3. The van der Waals surface area contributed by atoms with Crippen LogP contribution in [0.5, 0.6) is 0 Å². The molecule has 180 valence electrons. The van der Waals surface area contributed by atoms with E-state index in [1.165, 1.54) is 28.7 Å². The van der Waals surface area contributed by atoms with Gasteiger partial charge in [-0.25, -0.2) is 13.2 Å². The van der Waals surface area contributed by atoms with Gasteiger partial charge in [0.1, 0.15) is 10.8 Å². The highest BCUT2D eigenvalue weighted by Crippen LogP contribution is 2.40. The molecular weight excluding hydrogens is 498 g/mol. The van der Waals surface area contributed by atoms with Crippen molar-refractivity contribution in [1.82, 2.24) is 10.2 Å². The van der Waals surface area contributed by atoms with Gasteiger partial charge in [0.05, 0.1) is 12.2 Å². The van der Waals surface area contributed by atoms with Crippen LogP contribution in [0.2, 0.25) is 0 Å². The van der Waals surface area contributed by atoms with Gasteiger partial charge in [0.15, 0.2) is 0 Å². The topological polar surface area (TPSA) is 128 Å². The van der Waals surface area contributed by atoms with Crippen LogP contribution in [0.3, 0.4) is 0 Å². The Morgan fingerprint density at radius 3 is 2.88 bits per heavy atom. The van der Waals surface area contributed by atoms with Crippen molar-refractivity contribution in [2.45, 2.75) is 38.3 Å². The largest absolute Gasteiger partial charge is 0.462 e. The van der Waals surface area contributed by atoms with Crippen LogP contribution in [0.25, 0.3) is 12.2 Å². The Labute approximate surface area is 204 Å². The van der Waals surface area contributed by atoms with Gasteiger partial charge in [-0.2, -0.15) is 0 Å². The maximum absolute atomic E-state index is 12.7. The molecule has 9 nitrogen and oxygen atoms in total. The molecule has 4 rings (SSSR count). The lowest BCUT2D eigenvalue weighted by atomic mass is 9.88. The lowest BCUT2D eigenvalue weighted by Crippen LogP contribution is -2.24. The monoisotopic (exact) mass is 521 g/mol. The van der Waals surface area contributed by atoms with Crippen LogP contribution < -0.4 is 5.32 Å². The summed E-state index contributed by atoms with van der Waals surface area (Å²) in [7, 11) is -4.18. The number of carbonyl (C=O) groups is 2. The second-order valence-corrected chi connectivity index (χ2v) is 11.8. The zero-order chi connectivity index (χ0) is 24.3. The van der Waals surface area contributed by atoms with Crippen LogP contribution in [-0.4, -0.2) is 42.9 Å². The Morgan fingerprint density at radius 2 is 2.15 bits per heavy atom. The maximum atomic E-state index is 12.7. The maximum Gasteiger partial charge on any atom is 0.341 e. The first-order valence-electron chi connectivity index (χ1n) is 10.7. The standard InChI is InChI=1S/C22H23N3O6S3/c1-3-30-21(27)19-15-8-6-13(2)11-16(15)33-20(19)23-17(26)12-34(28,29)22-25-24-18(31-22)9-7-14-5-4-10-32-14/h4-5,7,9-10,13H,3,6,8,11-12H2,1-2H3,(H,23,26). The fourth-order valence-corrected chi connectivity index (χ4v) is 6.56. The summed E-state index contributed by atoms with van der Waals surface area (Å²) in [5.41, 5.74) is 1.19. The van der Waals surface area contributed by atoms with E-state index in [-0.39, 0.29) is 12.5 Å². The molecule has 3 aromatic heterocycles. The van der Waals surface area contributed by atoms with Crippen molar-refractivity contribution < 1.29 is 27.2 Å². The molecule has 0 aliphatic heterocycles. The molecule has 0 fully saturated rings.